The molecule has 0 aliphatic carbocycles. The Bertz CT molecular complexity index is 583. The summed E-state index contributed by atoms with van der Waals surface area (Å²) in [5.74, 6) is 1.32. The summed E-state index contributed by atoms with van der Waals surface area (Å²) in [4.78, 5) is 8.85. The van der Waals surface area contributed by atoms with E-state index in [9.17, 15) is 5.11 Å². The summed E-state index contributed by atoms with van der Waals surface area (Å²) in [6, 6.07) is 7.84. The fraction of sp³-hybridized carbons (Fsp3) is 0.467. The summed E-state index contributed by atoms with van der Waals surface area (Å²) < 4.78 is 0. The molecule has 0 amide bonds. The molecule has 0 fully saturated rings. The predicted octanol–water partition coefficient (Wildman–Crippen LogP) is 2.63. The second-order valence-electron chi connectivity index (χ2n) is 5.26. The zero-order valence-corrected chi connectivity index (χ0v) is 12.3. The maximum atomic E-state index is 10.3. The smallest absolute Gasteiger partial charge is 0.224 e. The van der Waals surface area contributed by atoms with Crippen molar-refractivity contribution >= 4 is 22.7 Å². The van der Waals surface area contributed by atoms with Gasteiger partial charge in [-0.2, -0.15) is 4.98 Å². The van der Waals surface area contributed by atoms with E-state index in [1.54, 1.807) is 7.05 Å². The molecule has 1 aromatic carbocycles. The molecular weight excluding hydrogens is 252 g/mol. The van der Waals surface area contributed by atoms with Crippen molar-refractivity contribution in [2.45, 2.75) is 32.3 Å². The van der Waals surface area contributed by atoms with Crippen molar-refractivity contribution < 1.29 is 5.11 Å². The molecule has 108 valence electrons. The molecule has 0 spiro atoms. The molecule has 5 heteroatoms. The van der Waals surface area contributed by atoms with Crippen molar-refractivity contribution in [1.29, 1.82) is 0 Å². The highest BCUT2D eigenvalue weighted by molar-refractivity contribution is 5.90. The molecule has 1 atom stereocenters. The van der Waals surface area contributed by atoms with E-state index in [4.69, 9.17) is 0 Å². The van der Waals surface area contributed by atoms with Crippen LogP contribution in [0.3, 0.4) is 0 Å². The third kappa shape index (κ3) is 3.36. The number of benzene rings is 1. The summed E-state index contributed by atoms with van der Waals surface area (Å²) in [7, 11) is 1.79. The number of aliphatic hydroxyl groups is 1. The number of nitrogens with one attached hydrogen (secondary N) is 2. The van der Waals surface area contributed by atoms with Gasteiger partial charge in [0.05, 0.1) is 11.1 Å². The van der Waals surface area contributed by atoms with Gasteiger partial charge < -0.3 is 15.7 Å². The number of hydrogen-bond acceptors (Lipinski definition) is 5. The van der Waals surface area contributed by atoms with Crippen molar-refractivity contribution in [1.82, 2.24) is 9.97 Å². The fourth-order valence-electron chi connectivity index (χ4n) is 2.22. The highest BCUT2D eigenvalue weighted by atomic mass is 16.3. The number of para-hydroxylation sites is 1. The first-order valence-corrected chi connectivity index (χ1v) is 6.96. The zero-order chi connectivity index (χ0) is 14.6. The van der Waals surface area contributed by atoms with Crippen LogP contribution in [0.4, 0.5) is 11.8 Å². The molecule has 2 rings (SSSR count). The molecule has 1 aromatic heterocycles. The first-order valence-electron chi connectivity index (χ1n) is 6.96. The maximum Gasteiger partial charge on any atom is 0.224 e. The third-order valence-corrected chi connectivity index (χ3v) is 3.25. The Morgan fingerprint density at radius 1 is 1.25 bits per heavy atom. The molecule has 20 heavy (non-hydrogen) atoms. The maximum absolute atomic E-state index is 10.3. The van der Waals surface area contributed by atoms with Gasteiger partial charge in [-0.1, -0.05) is 25.5 Å². The minimum absolute atomic E-state index is 0.463. The number of nitrogens with zero attached hydrogens (tertiary/aromatic N) is 2. The highest BCUT2D eigenvalue weighted by Crippen LogP contribution is 2.22. The summed E-state index contributed by atoms with van der Waals surface area (Å²) in [6.07, 6.45) is 1.70. The molecule has 2 aromatic rings. The second kappa shape index (κ2) is 6.05. The topological polar surface area (TPSA) is 70.1 Å². The van der Waals surface area contributed by atoms with E-state index >= 15 is 0 Å². The van der Waals surface area contributed by atoms with Crippen LogP contribution in [-0.4, -0.2) is 34.3 Å². The van der Waals surface area contributed by atoms with E-state index in [2.05, 4.69) is 27.5 Å². The van der Waals surface area contributed by atoms with Crippen LogP contribution >= 0.6 is 0 Å². The van der Waals surface area contributed by atoms with Crippen LogP contribution in [0, 0.1) is 0 Å². The molecule has 0 aliphatic heterocycles. The lowest BCUT2D eigenvalue weighted by Gasteiger charge is -2.23. The number of aromatic nitrogens is 2. The lowest BCUT2D eigenvalue weighted by Crippen LogP contribution is -2.33. The van der Waals surface area contributed by atoms with E-state index in [1.165, 1.54) is 0 Å². The molecule has 0 saturated carbocycles. The SMILES string of the molecule is CCCC(C)(O)CNc1nc(NC)nc2ccccc12. The molecule has 0 saturated heterocycles. The Morgan fingerprint density at radius 2 is 2.00 bits per heavy atom. The van der Waals surface area contributed by atoms with Gasteiger partial charge in [-0.05, 0) is 25.5 Å². The van der Waals surface area contributed by atoms with Crippen LogP contribution in [0.2, 0.25) is 0 Å². The molecular formula is C15H22N4O. The number of anilines is 2. The van der Waals surface area contributed by atoms with Gasteiger partial charge in [0.15, 0.2) is 0 Å². The second-order valence-corrected chi connectivity index (χ2v) is 5.26. The van der Waals surface area contributed by atoms with Gasteiger partial charge in [0.2, 0.25) is 5.95 Å². The van der Waals surface area contributed by atoms with Gasteiger partial charge in [-0.15, -0.1) is 0 Å². The molecule has 5 nitrogen and oxygen atoms in total. The average Bonchev–Trinajstić information content (AvgIpc) is 2.44. The van der Waals surface area contributed by atoms with Crippen LogP contribution in [0.25, 0.3) is 10.9 Å². The normalized spacial score (nSPS) is 14.0. The third-order valence-electron chi connectivity index (χ3n) is 3.25. The van der Waals surface area contributed by atoms with Crippen molar-refractivity contribution in [2.24, 2.45) is 0 Å². The molecule has 0 radical (unpaired) electrons. The Balaban J connectivity index is 2.28. The van der Waals surface area contributed by atoms with Gasteiger partial charge in [-0.25, -0.2) is 4.98 Å². The fourth-order valence-corrected chi connectivity index (χ4v) is 2.22. The lowest BCUT2D eigenvalue weighted by atomic mass is 10.0. The highest BCUT2D eigenvalue weighted by Gasteiger charge is 2.19. The first-order chi connectivity index (χ1) is 9.55. The summed E-state index contributed by atoms with van der Waals surface area (Å²) in [5.41, 5.74) is 0.144. The van der Waals surface area contributed by atoms with Crippen LogP contribution in [0.1, 0.15) is 26.7 Å². The number of hydrogen-bond donors (Lipinski definition) is 3. The summed E-state index contributed by atoms with van der Waals surface area (Å²) in [5, 5.41) is 17.4. The lowest BCUT2D eigenvalue weighted by molar-refractivity contribution is 0.0636. The molecule has 0 bridgehead atoms. The zero-order valence-electron chi connectivity index (χ0n) is 12.3. The average molecular weight is 274 g/mol. The van der Waals surface area contributed by atoms with Crippen molar-refractivity contribution in [2.75, 3.05) is 24.2 Å². The van der Waals surface area contributed by atoms with E-state index in [0.29, 0.717) is 12.5 Å². The number of rotatable bonds is 6. The summed E-state index contributed by atoms with van der Waals surface area (Å²) >= 11 is 0. The van der Waals surface area contributed by atoms with E-state index in [0.717, 1.165) is 29.6 Å². The van der Waals surface area contributed by atoms with Gasteiger partial charge in [-0.3, -0.25) is 0 Å². The standard InChI is InChI=1S/C15H22N4O/c1-4-9-15(2,20)10-17-13-11-7-5-6-8-12(11)18-14(16-3)19-13/h5-8,20H,4,9-10H2,1-3H3,(H2,16,17,18,19). The van der Waals surface area contributed by atoms with Crippen molar-refractivity contribution in [3.8, 4) is 0 Å². The van der Waals surface area contributed by atoms with Crippen LogP contribution in [0.5, 0.6) is 0 Å². The number of fused-ring (bicyclic) bond motifs is 1. The van der Waals surface area contributed by atoms with E-state index < -0.39 is 5.60 Å². The van der Waals surface area contributed by atoms with Gasteiger partial charge in [0.1, 0.15) is 5.82 Å². The van der Waals surface area contributed by atoms with Crippen LogP contribution < -0.4 is 10.6 Å². The van der Waals surface area contributed by atoms with E-state index in [-0.39, 0.29) is 0 Å². The summed E-state index contributed by atoms with van der Waals surface area (Å²) in [6.45, 7) is 4.37. The Kier molecular flexibility index (Phi) is 4.39. The van der Waals surface area contributed by atoms with Gasteiger partial charge >= 0.3 is 0 Å². The molecule has 1 unspecified atom stereocenters. The Labute approximate surface area is 119 Å². The quantitative estimate of drug-likeness (QED) is 0.755. The molecule has 3 N–H and O–H groups in total. The molecule has 1 heterocycles. The van der Waals surface area contributed by atoms with Gasteiger partial charge in [0, 0.05) is 19.0 Å². The minimum Gasteiger partial charge on any atom is -0.388 e. The Hall–Kier alpha value is -1.88. The van der Waals surface area contributed by atoms with Gasteiger partial charge in [0.25, 0.3) is 0 Å². The minimum atomic E-state index is -0.736. The largest absolute Gasteiger partial charge is 0.388 e. The molecule has 0 aliphatic rings. The van der Waals surface area contributed by atoms with Crippen LogP contribution in [-0.2, 0) is 0 Å². The first kappa shape index (κ1) is 14.5. The van der Waals surface area contributed by atoms with E-state index in [1.807, 2.05) is 31.2 Å². The monoisotopic (exact) mass is 274 g/mol. The van der Waals surface area contributed by atoms with Crippen LogP contribution in [0.15, 0.2) is 24.3 Å². The Morgan fingerprint density at radius 3 is 2.70 bits per heavy atom. The predicted molar refractivity (Wildman–Crippen MR) is 83.1 cm³/mol. The van der Waals surface area contributed by atoms with Crippen molar-refractivity contribution in [3.63, 3.8) is 0 Å². The van der Waals surface area contributed by atoms with Crippen molar-refractivity contribution in [3.05, 3.63) is 24.3 Å².